The van der Waals surface area contributed by atoms with E-state index in [9.17, 15) is 4.79 Å². The summed E-state index contributed by atoms with van der Waals surface area (Å²) in [6.07, 6.45) is 6.63. The number of rotatable bonds is 6. The Morgan fingerprint density at radius 2 is 1.68 bits per heavy atom. The molecule has 1 aromatic carbocycles. The van der Waals surface area contributed by atoms with E-state index in [4.69, 9.17) is 5.73 Å². The number of hydrogen-bond donors (Lipinski definition) is 2. The van der Waals surface area contributed by atoms with Crippen molar-refractivity contribution in [2.24, 2.45) is 11.1 Å². The van der Waals surface area contributed by atoms with Gasteiger partial charge in [-0.15, -0.1) is 24.8 Å². The van der Waals surface area contributed by atoms with Crippen LogP contribution in [0.3, 0.4) is 0 Å². The second kappa shape index (κ2) is 10.4. The lowest BCUT2D eigenvalue weighted by molar-refractivity contribution is -0.130. The molecule has 1 aromatic rings. The highest BCUT2D eigenvalue weighted by Crippen LogP contribution is 2.37. The summed E-state index contributed by atoms with van der Waals surface area (Å²) >= 11 is 0. The van der Waals surface area contributed by atoms with Gasteiger partial charge < -0.3 is 11.1 Å². The minimum Gasteiger partial charge on any atom is -0.354 e. The zero-order valence-corrected chi connectivity index (χ0v) is 16.4. The van der Waals surface area contributed by atoms with Gasteiger partial charge in [0, 0.05) is 13.1 Å². The maximum Gasteiger partial charge on any atom is 0.227 e. The monoisotopic (exact) mass is 387 g/mol. The zero-order chi connectivity index (χ0) is 16.1. The molecular weight excluding hydrogens is 357 g/mol. The Morgan fingerprint density at radius 3 is 2.24 bits per heavy atom. The molecule has 1 heterocycles. The third-order valence-corrected chi connectivity index (χ3v) is 5.65. The molecule has 1 unspecified atom stereocenters. The Labute approximate surface area is 163 Å². The van der Waals surface area contributed by atoms with Crippen molar-refractivity contribution in [1.29, 1.82) is 0 Å². The number of nitrogens with one attached hydrogen (secondary N) is 1. The fourth-order valence-corrected chi connectivity index (χ4v) is 4.14. The summed E-state index contributed by atoms with van der Waals surface area (Å²) < 4.78 is 0. The van der Waals surface area contributed by atoms with Crippen LogP contribution in [0.1, 0.15) is 50.1 Å². The van der Waals surface area contributed by atoms with E-state index in [-0.39, 0.29) is 42.2 Å². The number of benzene rings is 1. The van der Waals surface area contributed by atoms with Crippen molar-refractivity contribution in [2.75, 3.05) is 26.2 Å². The number of carbonyl (C=O) groups is 1. The highest BCUT2D eigenvalue weighted by molar-refractivity contribution is 5.85. The maximum absolute atomic E-state index is 12.7. The number of nitrogens with zero attached hydrogens (tertiary/aromatic N) is 1. The minimum atomic E-state index is -0.313. The van der Waals surface area contributed by atoms with Crippen LogP contribution in [0.25, 0.3) is 0 Å². The molecule has 1 aliphatic carbocycles. The molecule has 0 radical (unpaired) electrons. The van der Waals surface area contributed by atoms with Crippen molar-refractivity contribution in [3.8, 4) is 0 Å². The molecule has 25 heavy (non-hydrogen) atoms. The lowest BCUT2D eigenvalue weighted by Crippen LogP contribution is -2.46. The molecule has 3 rings (SSSR count). The van der Waals surface area contributed by atoms with E-state index in [0.29, 0.717) is 13.1 Å². The van der Waals surface area contributed by atoms with Crippen LogP contribution >= 0.6 is 24.8 Å². The van der Waals surface area contributed by atoms with E-state index >= 15 is 0 Å². The fraction of sp³-hybridized carbons (Fsp3) is 0.632. The van der Waals surface area contributed by atoms with Gasteiger partial charge in [-0.3, -0.25) is 9.69 Å². The SMILES string of the molecule is Cl.Cl.NCC1(C(=O)NCC(c2ccccc2)N2CCCC2)CCCC1. The number of halogens is 2. The van der Waals surface area contributed by atoms with Gasteiger partial charge in [-0.25, -0.2) is 0 Å². The first-order chi connectivity index (χ1) is 11.2. The highest BCUT2D eigenvalue weighted by Gasteiger charge is 2.40. The smallest absolute Gasteiger partial charge is 0.227 e. The number of nitrogens with two attached hydrogens (primary N) is 1. The van der Waals surface area contributed by atoms with Crippen LogP contribution in [0.15, 0.2) is 30.3 Å². The summed E-state index contributed by atoms with van der Waals surface area (Å²) in [5.41, 5.74) is 6.92. The molecule has 1 amide bonds. The van der Waals surface area contributed by atoms with E-state index in [0.717, 1.165) is 38.8 Å². The Balaban J connectivity index is 0.00000156. The molecule has 1 saturated heterocycles. The first kappa shape index (κ1) is 22.2. The normalized spacial score (nSPS) is 20.4. The van der Waals surface area contributed by atoms with Gasteiger partial charge in [0.15, 0.2) is 0 Å². The largest absolute Gasteiger partial charge is 0.354 e. The van der Waals surface area contributed by atoms with Gasteiger partial charge in [0.05, 0.1) is 11.5 Å². The standard InChI is InChI=1S/C19H29N3O.2ClH/c20-15-19(10-4-5-11-19)18(23)21-14-17(22-12-6-7-13-22)16-8-2-1-3-9-16;;/h1-3,8-9,17H,4-7,10-15,20H2,(H,21,23);2*1H. The fourth-order valence-electron chi connectivity index (χ4n) is 4.14. The number of hydrogen-bond acceptors (Lipinski definition) is 3. The molecule has 0 bridgehead atoms. The Bertz CT molecular complexity index is 515. The Kier molecular flexibility index (Phi) is 9.22. The van der Waals surface area contributed by atoms with Gasteiger partial charge in [0.25, 0.3) is 0 Å². The van der Waals surface area contributed by atoms with Crippen molar-refractivity contribution < 1.29 is 4.79 Å². The molecule has 0 aromatic heterocycles. The molecule has 1 saturated carbocycles. The number of amides is 1. The predicted octanol–water partition coefficient (Wildman–Crippen LogP) is 3.30. The lowest BCUT2D eigenvalue weighted by atomic mass is 9.85. The first-order valence-electron chi connectivity index (χ1n) is 9.02. The quantitative estimate of drug-likeness (QED) is 0.786. The van der Waals surface area contributed by atoms with Crippen LogP contribution in [-0.2, 0) is 4.79 Å². The molecule has 142 valence electrons. The average Bonchev–Trinajstić information content (AvgIpc) is 3.28. The molecule has 2 aliphatic rings. The van der Waals surface area contributed by atoms with Gasteiger partial charge >= 0.3 is 0 Å². The van der Waals surface area contributed by atoms with Crippen LogP contribution in [0.2, 0.25) is 0 Å². The van der Waals surface area contributed by atoms with Gasteiger partial charge in [-0.1, -0.05) is 43.2 Å². The first-order valence-corrected chi connectivity index (χ1v) is 9.02. The van der Waals surface area contributed by atoms with E-state index in [1.807, 2.05) is 6.07 Å². The maximum atomic E-state index is 12.7. The second-order valence-corrected chi connectivity index (χ2v) is 7.07. The summed E-state index contributed by atoms with van der Waals surface area (Å²) in [5.74, 6) is 0.164. The van der Waals surface area contributed by atoms with Crippen LogP contribution in [0, 0.1) is 5.41 Å². The van der Waals surface area contributed by atoms with Gasteiger partial charge in [0.1, 0.15) is 0 Å². The van der Waals surface area contributed by atoms with Crippen molar-refractivity contribution in [2.45, 2.75) is 44.6 Å². The van der Waals surface area contributed by atoms with Crippen LogP contribution < -0.4 is 11.1 Å². The Morgan fingerprint density at radius 1 is 1.08 bits per heavy atom. The molecule has 2 fully saturated rings. The third-order valence-electron chi connectivity index (χ3n) is 5.65. The summed E-state index contributed by atoms with van der Waals surface area (Å²) in [6.45, 7) is 3.40. The average molecular weight is 388 g/mol. The molecule has 3 N–H and O–H groups in total. The molecule has 4 nitrogen and oxygen atoms in total. The van der Waals surface area contributed by atoms with E-state index in [1.165, 1.54) is 18.4 Å². The second-order valence-electron chi connectivity index (χ2n) is 7.07. The minimum absolute atomic E-state index is 0. The number of carbonyl (C=O) groups excluding carboxylic acids is 1. The summed E-state index contributed by atoms with van der Waals surface area (Å²) in [6, 6.07) is 10.8. The lowest BCUT2D eigenvalue weighted by Gasteiger charge is -2.31. The van der Waals surface area contributed by atoms with E-state index in [2.05, 4.69) is 34.5 Å². The van der Waals surface area contributed by atoms with Gasteiger partial charge in [-0.05, 0) is 44.3 Å². The predicted molar refractivity (Wildman–Crippen MR) is 107 cm³/mol. The van der Waals surface area contributed by atoms with Crippen LogP contribution in [0.5, 0.6) is 0 Å². The number of likely N-dealkylation sites (tertiary alicyclic amines) is 1. The topological polar surface area (TPSA) is 58.4 Å². The molecule has 6 heteroatoms. The summed E-state index contributed by atoms with van der Waals surface area (Å²) in [7, 11) is 0. The van der Waals surface area contributed by atoms with E-state index < -0.39 is 0 Å². The third kappa shape index (κ3) is 5.10. The van der Waals surface area contributed by atoms with Crippen molar-refractivity contribution >= 4 is 30.7 Å². The highest BCUT2D eigenvalue weighted by atomic mass is 35.5. The van der Waals surface area contributed by atoms with Crippen LogP contribution in [0.4, 0.5) is 0 Å². The molecular formula is C19H31Cl2N3O. The molecule has 1 aliphatic heterocycles. The zero-order valence-electron chi connectivity index (χ0n) is 14.8. The molecule has 1 atom stereocenters. The summed E-state index contributed by atoms with van der Waals surface area (Å²) in [5, 5.41) is 3.23. The molecule has 0 spiro atoms. The van der Waals surface area contributed by atoms with Gasteiger partial charge in [-0.2, -0.15) is 0 Å². The van der Waals surface area contributed by atoms with Crippen molar-refractivity contribution in [3.05, 3.63) is 35.9 Å². The Hall–Kier alpha value is -0.810. The van der Waals surface area contributed by atoms with E-state index in [1.54, 1.807) is 0 Å². The summed E-state index contributed by atoms with van der Waals surface area (Å²) in [4.78, 5) is 15.2. The van der Waals surface area contributed by atoms with Crippen LogP contribution in [-0.4, -0.2) is 37.0 Å². The van der Waals surface area contributed by atoms with Crippen molar-refractivity contribution in [3.63, 3.8) is 0 Å². The van der Waals surface area contributed by atoms with Gasteiger partial charge in [0.2, 0.25) is 5.91 Å². The van der Waals surface area contributed by atoms with Crippen molar-refractivity contribution in [1.82, 2.24) is 10.2 Å².